The first-order valence-electron chi connectivity index (χ1n) is 6.93. The molecule has 19 heavy (non-hydrogen) atoms. The Hall–Kier alpha value is -1.80. The third-order valence-electron chi connectivity index (χ3n) is 3.23. The average Bonchev–Trinajstić information content (AvgIpc) is 2.48. The summed E-state index contributed by atoms with van der Waals surface area (Å²) in [4.78, 5) is 2.45. The van der Waals surface area contributed by atoms with Crippen molar-refractivity contribution in [3.63, 3.8) is 0 Å². The van der Waals surface area contributed by atoms with E-state index in [-0.39, 0.29) is 0 Å². The van der Waals surface area contributed by atoms with E-state index in [0.717, 1.165) is 26.2 Å². The molecule has 0 aliphatic carbocycles. The lowest BCUT2D eigenvalue weighted by molar-refractivity contribution is 0.291. The van der Waals surface area contributed by atoms with Crippen molar-refractivity contribution in [2.75, 3.05) is 25.0 Å². The summed E-state index contributed by atoms with van der Waals surface area (Å²) < 4.78 is 0. The van der Waals surface area contributed by atoms with Crippen LogP contribution in [0.1, 0.15) is 12.5 Å². The van der Waals surface area contributed by atoms with Gasteiger partial charge in [0.1, 0.15) is 0 Å². The number of anilines is 1. The fourth-order valence-corrected chi connectivity index (χ4v) is 2.10. The zero-order valence-electron chi connectivity index (χ0n) is 11.5. The highest BCUT2D eigenvalue weighted by Gasteiger charge is 2.02. The molecule has 0 unspecified atom stereocenters. The van der Waals surface area contributed by atoms with Crippen molar-refractivity contribution >= 4 is 5.69 Å². The Balaban J connectivity index is 1.77. The fourth-order valence-electron chi connectivity index (χ4n) is 2.10. The Kier molecular flexibility index (Phi) is 5.45. The van der Waals surface area contributed by atoms with Gasteiger partial charge in [-0.15, -0.1) is 0 Å². The molecule has 2 nitrogen and oxygen atoms in total. The first-order valence-corrected chi connectivity index (χ1v) is 6.93. The second-order valence-electron chi connectivity index (χ2n) is 4.65. The van der Waals surface area contributed by atoms with Crippen LogP contribution in [0.3, 0.4) is 0 Å². The molecule has 0 fully saturated rings. The van der Waals surface area contributed by atoms with Crippen molar-refractivity contribution in [1.82, 2.24) is 4.90 Å². The van der Waals surface area contributed by atoms with Crippen LogP contribution in [0.25, 0.3) is 0 Å². The van der Waals surface area contributed by atoms with E-state index in [1.807, 2.05) is 6.07 Å². The van der Waals surface area contributed by atoms with Crippen LogP contribution in [0.2, 0.25) is 0 Å². The lowest BCUT2D eigenvalue weighted by atomic mass is 10.2. The molecule has 0 amide bonds. The molecule has 1 N–H and O–H groups in total. The van der Waals surface area contributed by atoms with Crippen molar-refractivity contribution < 1.29 is 0 Å². The zero-order chi connectivity index (χ0) is 13.3. The third-order valence-corrected chi connectivity index (χ3v) is 3.23. The predicted molar refractivity (Wildman–Crippen MR) is 82.3 cm³/mol. The molecule has 0 atom stereocenters. The van der Waals surface area contributed by atoms with E-state index in [9.17, 15) is 0 Å². The molecular formula is C17H22N2. The minimum Gasteiger partial charge on any atom is -0.384 e. The Morgan fingerprint density at radius 1 is 0.895 bits per heavy atom. The van der Waals surface area contributed by atoms with Gasteiger partial charge in [-0.3, -0.25) is 4.90 Å². The molecule has 2 aromatic rings. The monoisotopic (exact) mass is 254 g/mol. The summed E-state index contributed by atoms with van der Waals surface area (Å²) in [6, 6.07) is 21.0. The molecule has 0 bridgehead atoms. The highest BCUT2D eigenvalue weighted by atomic mass is 15.1. The number of rotatable bonds is 7. The zero-order valence-corrected chi connectivity index (χ0v) is 11.5. The van der Waals surface area contributed by atoms with E-state index in [1.165, 1.54) is 11.3 Å². The quantitative estimate of drug-likeness (QED) is 0.812. The van der Waals surface area contributed by atoms with Crippen LogP contribution < -0.4 is 5.32 Å². The molecule has 2 heteroatoms. The van der Waals surface area contributed by atoms with E-state index in [4.69, 9.17) is 0 Å². The molecule has 0 saturated heterocycles. The van der Waals surface area contributed by atoms with E-state index < -0.39 is 0 Å². The van der Waals surface area contributed by atoms with Gasteiger partial charge in [-0.2, -0.15) is 0 Å². The summed E-state index contributed by atoms with van der Waals surface area (Å²) in [5.74, 6) is 0. The average molecular weight is 254 g/mol. The van der Waals surface area contributed by atoms with Crippen LogP contribution in [0.4, 0.5) is 5.69 Å². The summed E-state index contributed by atoms with van der Waals surface area (Å²) in [7, 11) is 0. The van der Waals surface area contributed by atoms with E-state index in [0.29, 0.717) is 0 Å². The van der Waals surface area contributed by atoms with Crippen molar-refractivity contribution in [1.29, 1.82) is 0 Å². The molecule has 0 spiro atoms. The molecule has 0 aromatic heterocycles. The van der Waals surface area contributed by atoms with Crippen molar-refractivity contribution in [2.24, 2.45) is 0 Å². The van der Waals surface area contributed by atoms with Crippen molar-refractivity contribution in [2.45, 2.75) is 13.5 Å². The number of nitrogens with zero attached hydrogens (tertiary/aromatic N) is 1. The standard InChI is InChI=1S/C17H22N2/c1-2-19(15-16-9-5-3-6-10-16)14-13-18-17-11-7-4-8-12-17/h3-12,18H,2,13-15H2,1H3. The topological polar surface area (TPSA) is 15.3 Å². The second kappa shape index (κ2) is 7.59. The molecule has 2 aromatic carbocycles. The molecule has 0 aliphatic heterocycles. The Morgan fingerprint density at radius 2 is 1.53 bits per heavy atom. The lowest BCUT2D eigenvalue weighted by Gasteiger charge is -2.21. The van der Waals surface area contributed by atoms with Gasteiger partial charge in [-0.05, 0) is 24.2 Å². The van der Waals surface area contributed by atoms with E-state index >= 15 is 0 Å². The first kappa shape index (κ1) is 13.6. The van der Waals surface area contributed by atoms with Crippen molar-refractivity contribution in [3.8, 4) is 0 Å². The van der Waals surface area contributed by atoms with Crippen LogP contribution in [0, 0.1) is 0 Å². The van der Waals surface area contributed by atoms with Gasteiger partial charge in [0.25, 0.3) is 0 Å². The van der Waals surface area contributed by atoms with E-state index in [2.05, 4.69) is 71.7 Å². The van der Waals surface area contributed by atoms with Gasteiger partial charge in [0.15, 0.2) is 0 Å². The second-order valence-corrected chi connectivity index (χ2v) is 4.65. The van der Waals surface area contributed by atoms with Gasteiger partial charge in [-0.25, -0.2) is 0 Å². The summed E-state index contributed by atoms with van der Waals surface area (Å²) in [5.41, 5.74) is 2.57. The van der Waals surface area contributed by atoms with Gasteiger partial charge >= 0.3 is 0 Å². The predicted octanol–water partition coefficient (Wildman–Crippen LogP) is 3.62. The fraction of sp³-hybridized carbons (Fsp3) is 0.294. The van der Waals surface area contributed by atoms with Gasteiger partial charge < -0.3 is 5.32 Å². The molecule has 0 aliphatic rings. The smallest absolute Gasteiger partial charge is 0.0340 e. The highest BCUT2D eigenvalue weighted by molar-refractivity contribution is 5.42. The lowest BCUT2D eigenvalue weighted by Crippen LogP contribution is -2.28. The molecule has 0 radical (unpaired) electrons. The minimum absolute atomic E-state index is 0.977. The number of nitrogens with one attached hydrogen (secondary N) is 1. The summed E-state index contributed by atoms with van der Waals surface area (Å²) >= 11 is 0. The first-order chi connectivity index (χ1) is 9.38. The largest absolute Gasteiger partial charge is 0.384 e. The summed E-state index contributed by atoms with van der Waals surface area (Å²) in [5, 5.41) is 3.45. The number of para-hydroxylation sites is 1. The molecule has 2 rings (SSSR count). The minimum atomic E-state index is 0.977. The maximum absolute atomic E-state index is 3.45. The Morgan fingerprint density at radius 3 is 2.16 bits per heavy atom. The van der Waals surface area contributed by atoms with Crippen molar-refractivity contribution in [3.05, 3.63) is 66.2 Å². The summed E-state index contributed by atoms with van der Waals surface area (Å²) in [6.45, 7) is 6.34. The van der Waals surface area contributed by atoms with E-state index in [1.54, 1.807) is 0 Å². The number of hydrogen-bond acceptors (Lipinski definition) is 2. The maximum Gasteiger partial charge on any atom is 0.0340 e. The van der Waals surface area contributed by atoms with Gasteiger partial charge in [0, 0.05) is 25.3 Å². The highest BCUT2D eigenvalue weighted by Crippen LogP contribution is 2.06. The maximum atomic E-state index is 3.45. The Bertz CT molecular complexity index is 453. The van der Waals surface area contributed by atoms with Gasteiger partial charge in [0.2, 0.25) is 0 Å². The van der Waals surface area contributed by atoms with Crippen LogP contribution in [0.15, 0.2) is 60.7 Å². The number of likely N-dealkylation sites (N-methyl/N-ethyl adjacent to an activating group) is 1. The normalized spacial score (nSPS) is 10.6. The third kappa shape index (κ3) is 4.76. The van der Waals surface area contributed by atoms with Crippen LogP contribution in [-0.2, 0) is 6.54 Å². The Labute approximate surface area is 116 Å². The molecule has 0 saturated carbocycles. The summed E-state index contributed by atoms with van der Waals surface area (Å²) in [6.07, 6.45) is 0. The number of benzene rings is 2. The van der Waals surface area contributed by atoms with Gasteiger partial charge in [-0.1, -0.05) is 55.5 Å². The SMILES string of the molecule is CCN(CCNc1ccccc1)Cc1ccccc1. The molecule has 0 heterocycles. The molecular weight excluding hydrogens is 232 g/mol. The molecule has 100 valence electrons. The van der Waals surface area contributed by atoms with Crippen LogP contribution in [0.5, 0.6) is 0 Å². The van der Waals surface area contributed by atoms with Gasteiger partial charge in [0.05, 0.1) is 0 Å². The number of hydrogen-bond donors (Lipinski definition) is 1. The van der Waals surface area contributed by atoms with Crippen LogP contribution in [-0.4, -0.2) is 24.5 Å². The van der Waals surface area contributed by atoms with Crippen LogP contribution >= 0.6 is 0 Å².